The predicted molar refractivity (Wildman–Crippen MR) is 179 cm³/mol. The van der Waals surface area contributed by atoms with E-state index in [1.807, 2.05) is 72.8 Å². The molecule has 0 spiro atoms. The summed E-state index contributed by atoms with van der Waals surface area (Å²) in [4.78, 5) is 0. The van der Waals surface area contributed by atoms with E-state index in [1.54, 1.807) is 0 Å². The average molecular weight is 544 g/mol. The Kier molecular flexibility index (Phi) is 7.94. The molecule has 1 nitrogen and oxygen atoms in total. The van der Waals surface area contributed by atoms with Gasteiger partial charge in [0.05, 0.1) is 0 Å². The second-order valence-corrected chi connectivity index (χ2v) is 12.9. The molecule has 0 saturated heterocycles. The second-order valence-electron chi connectivity index (χ2n) is 10.1. The number of rotatable bonds is 8. The smallest absolute Gasteiger partial charge is 0.241 e. The van der Waals surface area contributed by atoms with Crippen LogP contribution in [0.25, 0.3) is 12.2 Å². The largest absolute Gasteiger partial charge is 0.309 e. The van der Waals surface area contributed by atoms with Gasteiger partial charge in [0.1, 0.15) is 0 Å². The van der Waals surface area contributed by atoms with Gasteiger partial charge in [-0.1, -0.05) is 198 Å². The summed E-state index contributed by atoms with van der Waals surface area (Å²) >= 11 is 0. The number of hydrogen-bond acceptors (Lipinski definition) is 1. The lowest BCUT2D eigenvalue weighted by molar-refractivity contribution is 0.592. The summed E-state index contributed by atoms with van der Waals surface area (Å²) in [6.07, 6.45) is 4.24. The highest BCUT2D eigenvalue weighted by atomic mass is 31.2. The minimum atomic E-state index is -2.96. The molecule has 0 unspecified atom stereocenters. The van der Waals surface area contributed by atoms with E-state index in [-0.39, 0.29) is 6.71 Å². The van der Waals surface area contributed by atoms with E-state index in [0.29, 0.717) is 0 Å². The Labute approximate surface area is 243 Å². The van der Waals surface area contributed by atoms with Crippen molar-refractivity contribution in [2.45, 2.75) is 0 Å². The topological polar surface area (TPSA) is 17.1 Å². The molecule has 0 radical (unpaired) electrons. The van der Waals surface area contributed by atoms with E-state index >= 15 is 0 Å². The van der Waals surface area contributed by atoms with Crippen LogP contribution in [0.5, 0.6) is 0 Å². The van der Waals surface area contributed by atoms with Crippen molar-refractivity contribution in [1.82, 2.24) is 0 Å². The normalized spacial score (nSPS) is 11.4. The maximum Gasteiger partial charge on any atom is 0.241 e. The molecule has 0 bridgehead atoms. The van der Waals surface area contributed by atoms with Crippen molar-refractivity contribution in [1.29, 1.82) is 0 Å². The van der Waals surface area contributed by atoms with Gasteiger partial charge in [0, 0.05) is 15.9 Å². The molecule has 0 fully saturated rings. The third-order valence-electron chi connectivity index (χ3n) is 7.50. The highest BCUT2D eigenvalue weighted by Gasteiger charge is 2.29. The fourth-order valence-corrected chi connectivity index (χ4v) is 8.03. The molecule has 3 heteroatoms. The van der Waals surface area contributed by atoms with Crippen molar-refractivity contribution in [2.24, 2.45) is 0 Å². The third kappa shape index (κ3) is 5.80. The van der Waals surface area contributed by atoms with E-state index in [9.17, 15) is 4.57 Å². The van der Waals surface area contributed by atoms with Gasteiger partial charge in [0.2, 0.25) is 6.71 Å². The second kappa shape index (κ2) is 12.3. The lowest BCUT2D eigenvalue weighted by Crippen LogP contribution is -2.51. The van der Waals surface area contributed by atoms with Crippen molar-refractivity contribution in [3.05, 3.63) is 181 Å². The highest BCUT2D eigenvalue weighted by Crippen LogP contribution is 2.42. The summed E-state index contributed by atoms with van der Waals surface area (Å²) in [6, 6.07) is 57.9. The first-order valence-electron chi connectivity index (χ1n) is 13.9. The molecule has 6 aromatic rings. The van der Waals surface area contributed by atoms with E-state index in [0.717, 1.165) is 27.0 Å². The molecule has 6 aromatic carbocycles. The minimum Gasteiger partial charge on any atom is -0.309 e. The standard InChI is InChI=1S/C38H30BOP/c40-41(36-17-9-3-10-18-36,37-19-11-4-12-20-37)38-29-25-32(26-30-38)22-21-31-23-27-35(28-24-31)39(33-13-5-1-6-14-33)34-15-7-2-8-16-34/h1-30H/b22-21+. The first-order chi connectivity index (χ1) is 20.2. The van der Waals surface area contributed by atoms with Gasteiger partial charge in [-0.2, -0.15) is 0 Å². The van der Waals surface area contributed by atoms with Crippen LogP contribution in [0.2, 0.25) is 0 Å². The lowest BCUT2D eigenvalue weighted by Gasteiger charge is -2.20. The van der Waals surface area contributed by atoms with Gasteiger partial charge >= 0.3 is 0 Å². The van der Waals surface area contributed by atoms with Crippen LogP contribution in [-0.2, 0) is 4.57 Å². The molecule has 0 N–H and O–H groups in total. The van der Waals surface area contributed by atoms with E-state index in [4.69, 9.17) is 0 Å². The maximum atomic E-state index is 14.6. The lowest BCUT2D eigenvalue weighted by atomic mass is 9.37. The predicted octanol–water partition coefficient (Wildman–Crippen LogP) is 6.01. The molecule has 0 aliphatic heterocycles. The molecule has 0 aliphatic rings. The first-order valence-corrected chi connectivity index (χ1v) is 15.6. The molecule has 0 saturated carbocycles. The van der Waals surface area contributed by atoms with Crippen LogP contribution in [0, 0.1) is 0 Å². The SMILES string of the molecule is O=P(c1ccccc1)(c1ccccc1)c1ccc(/C=C/c2ccc(B(c3ccccc3)c3ccccc3)cc2)cc1. The quantitative estimate of drug-likeness (QED) is 0.130. The fourth-order valence-electron chi connectivity index (χ4n) is 5.38. The van der Waals surface area contributed by atoms with Crippen LogP contribution in [0.15, 0.2) is 170 Å². The number of benzene rings is 6. The van der Waals surface area contributed by atoms with Crippen LogP contribution < -0.4 is 32.3 Å². The molecular weight excluding hydrogens is 514 g/mol. The van der Waals surface area contributed by atoms with Crippen molar-refractivity contribution in [3.63, 3.8) is 0 Å². The summed E-state index contributed by atoms with van der Waals surface area (Å²) in [5.74, 6) is 0. The van der Waals surface area contributed by atoms with Crippen LogP contribution in [0.3, 0.4) is 0 Å². The summed E-state index contributed by atoms with van der Waals surface area (Å²) in [5.41, 5.74) is 6.03. The molecule has 0 amide bonds. The Bertz CT molecular complexity index is 1680. The van der Waals surface area contributed by atoms with Gasteiger partial charge in [0.15, 0.2) is 7.14 Å². The molecular formula is C38H30BOP. The Morgan fingerprint density at radius 1 is 0.366 bits per heavy atom. The zero-order valence-corrected chi connectivity index (χ0v) is 23.6. The molecule has 6 rings (SSSR count). The van der Waals surface area contributed by atoms with Crippen LogP contribution >= 0.6 is 7.14 Å². The van der Waals surface area contributed by atoms with Gasteiger partial charge in [-0.3, -0.25) is 0 Å². The van der Waals surface area contributed by atoms with Gasteiger partial charge < -0.3 is 4.57 Å². The Balaban J connectivity index is 1.25. The van der Waals surface area contributed by atoms with E-state index in [1.165, 1.54) is 16.4 Å². The maximum absolute atomic E-state index is 14.6. The average Bonchev–Trinajstić information content (AvgIpc) is 3.06. The monoisotopic (exact) mass is 544 g/mol. The van der Waals surface area contributed by atoms with Gasteiger partial charge in [-0.05, 0) is 11.1 Å². The first kappa shape index (κ1) is 26.6. The summed E-state index contributed by atoms with van der Waals surface area (Å²) in [5, 5.41) is 2.53. The van der Waals surface area contributed by atoms with Gasteiger partial charge in [-0.25, -0.2) is 0 Å². The summed E-state index contributed by atoms with van der Waals surface area (Å²) < 4.78 is 14.6. The molecule has 0 aromatic heterocycles. The Morgan fingerprint density at radius 2 is 0.683 bits per heavy atom. The molecule has 0 aliphatic carbocycles. The van der Waals surface area contributed by atoms with Crippen molar-refractivity contribution >= 4 is 58.3 Å². The molecule has 196 valence electrons. The molecule has 0 heterocycles. The number of hydrogen-bond donors (Lipinski definition) is 0. The van der Waals surface area contributed by atoms with Crippen LogP contribution in [0.1, 0.15) is 11.1 Å². The van der Waals surface area contributed by atoms with Crippen molar-refractivity contribution in [2.75, 3.05) is 0 Å². The zero-order chi connectivity index (χ0) is 27.9. The van der Waals surface area contributed by atoms with Gasteiger partial charge in [-0.15, -0.1) is 0 Å². The van der Waals surface area contributed by atoms with Crippen molar-refractivity contribution < 1.29 is 4.57 Å². The minimum absolute atomic E-state index is 0.188. The Hall–Kier alpha value is -4.65. The van der Waals surface area contributed by atoms with Gasteiger partial charge in [0.25, 0.3) is 0 Å². The zero-order valence-electron chi connectivity index (χ0n) is 22.8. The van der Waals surface area contributed by atoms with Crippen LogP contribution in [-0.4, -0.2) is 6.71 Å². The van der Waals surface area contributed by atoms with E-state index in [2.05, 4.69) is 109 Å². The third-order valence-corrected chi connectivity index (χ3v) is 10.6. The summed E-state index contributed by atoms with van der Waals surface area (Å²) in [6.45, 7) is 0.188. The van der Waals surface area contributed by atoms with E-state index < -0.39 is 7.14 Å². The molecule has 0 atom stereocenters. The Morgan fingerprint density at radius 3 is 1.10 bits per heavy atom. The van der Waals surface area contributed by atoms with Crippen molar-refractivity contribution in [3.8, 4) is 0 Å². The fraction of sp³-hybridized carbons (Fsp3) is 0. The summed E-state index contributed by atoms with van der Waals surface area (Å²) in [7, 11) is -2.96. The van der Waals surface area contributed by atoms with Crippen LogP contribution in [0.4, 0.5) is 0 Å². The molecule has 41 heavy (non-hydrogen) atoms. The highest BCUT2D eigenvalue weighted by molar-refractivity contribution is 7.85.